The monoisotopic (exact) mass is 349 g/mol. The largest absolute Gasteiger partial charge is 0.497 e. The van der Waals surface area contributed by atoms with Gasteiger partial charge in [0.1, 0.15) is 17.5 Å². The van der Waals surface area contributed by atoms with Crippen molar-refractivity contribution < 1.29 is 19.6 Å². The van der Waals surface area contributed by atoms with Gasteiger partial charge in [-0.05, 0) is 25.1 Å². The van der Waals surface area contributed by atoms with E-state index in [1.807, 2.05) is 36.5 Å². The summed E-state index contributed by atoms with van der Waals surface area (Å²) in [5, 5.41) is 5.49. The Morgan fingerprint density at radius 2 is 1.96 bits per heavy atom. The van der Waals surface area contributed by atoms with Gasteiger partial charge in [0.2, 0.25) is 0 Å². The lowest BCUT2D eigenvalue weighted by atomic mass is 10.1. The smallest absolute Gasteiger partial charge is 0.279 e. The van der Waals surface area contributed by atoms with Crippen molar-refractivity contribution in [3.63, 3.8) is 0 Å². The van der Waals surface area contributed by atoms with Gasteiger partial charge in [-0.3, -0.25) is 4.79 Å². The molecule has 1 amide bonds. The van der Waals surface area contributed by atoms with Crippen molar-refractivity contribution in [1.29, 1.82) is 0 Å². The number of nitrogens with two attached hydrogens (primary N) is 1. The van der Waals surface area contributed by atoms with Crippen molar-refractivity contribution >= 4 is 23.2 Å². The average molecular weight is 350 g/mol. The van der Waals surface area contributed by atoms with E-state index in [0.29, 0.717) is 22.2 Å². The molecule has 5 nitrogen and oxygen atoms in total. The number of nitrogens with one attached hydrogen (secondary N) is 1. The molecule has 24 heavy (non-hydrogen) atoms. The summed E-state index contributed by atoms with van der Waals surface area (Å²) in [6.07, 6.45) is 0. The van der Waals surface area contributed by atoms with Gasteiger partial charge >= 0.3 is 0 Å². The molecule has 0 saturated carbocycles. The van der Waals surface area contributed by atoms with Crippen LogP contribution in [0.25, 0.3) is 0 Å². The Kier molecular flexibility index (Phi) is 6.46. The first kappa shape index (κ1) is 18.1. The molecule has 0 bridgehead atoms. The summed E-state index contributed by atoms with van der Waals surface area (Å²) >= 11 is 6.18. The minimum atomic E-state index is -0.114. The van der Waals surface area contributed by atoms with Crippen LogP contribution < -0.4 is 20.1 Å². The van der Waals surface area contributed by atoms with Gasteiger partial charge in [0.05, 0.1) is 19.9 Å². The van der Waals surface area contributed by atoms with E-state index in [0.717, 1.165) is 5.56 Å². The maximum Gasteiger partial charge on any atom is 0.279 e. The highest BCUT2D eigenvalue weighted by molar-refractivity contribution is 6.31. The lowest BCUT2D eigenvalue weighted by molar-refractivity contribution is -0.682. The normalized spacial score (nSPS) is 11.7. The third-order valence-electron chi connectivity index (χ3n) is 3.74. The molecule has 2 rings (SSSR count). The van der Waals surface area contributed by atoms with Crippen molar-refractivity contribution in [3.8, 4) is 11.5 Å². The summed E-state index contributed by atoms with van der Waals surface area (Å²) in [5.74, 6) is 1.11. The van der Waals surface area contributed by atoms with E-state index in [2.05, 4.69) is 5.32 Å². The first-order chi connectivity index (χ1) is 11.5. The zero-order valence-electron chi connectivity index (χ0n) is 14.0. The Morgan fingerprint density at radius 1 is 1.21 bits per heavy atom. The van der Waals surface area contributed by atoms with Crippen LogP contribution in [0.5, 0.6) is 11.5 Å². The topological polar surface area (TPSA) is 64.2 Å². The number of methoxy groups -OCH3 is 2. The molecule has 0 aliphatic rings. The van der Waals surface area contributed by atoms with Gasteiger partial charge in [0, 0.05) is 16.7 Å². The van der Waals surface area contributed by atoms with Gasteiger partial charge < -0.3 is 20.1 Å². The molecule has 2 aromatic carbocycles. The zero-order chi connectivity index (χ0) is 17.5. The van der Waals surface area contributed by atoms with Crippen LogP contribution in [0.3, 0.4) is 0 Å². The van der Waals surface area contributed by atoms with E-state index < -0.39 is 0 Å². The van der Waals surface area contributed by atoms with Gasteiger partial charge in [0.25, 0.3) is 5.91 Å². The van der Waals surface area contributed by atoms with E-state index in [1.54, 1.807) is 32.4 Å². The Morgan fingerprint density at radius 3 is 2.62 bits per heavy atom. The predicted molar refractivity (Wildman–Crippen MR) is 94.8 cm³/mol. The second kappa shape index (κ2) is 8.57. The van der Waals surface area contributed by atoms with Crippen LogP contribution in [0.1, 0.15) is 18.5 Å². The summed E-state index contributed by atoms with van der Waals surface area (Å²) in [6.45, 7) is 2.30. The first-order valence-corrected chi connectivity index (χ1v) is 8.02. The fourth-order valence-corrected chi connectivity index (χ4v) is 2.67. The second-order valence-electron chi connectivity index (χ2n) is 5.36. The van der Waals surface area contributed by atoms with Crippen molar-refractivity contribution in [2.45, 2.75) is 13.0 Å². The molecule has 1 atom stereocenters. The van der Waals surface area contributed by atoms with E-state index in [4.69, 9.17) is 21.1 Å². The zero-order valence-corrected chi connectivity index (χ0v) is 14.8. The van der Waals surface area contributed by atoms with E-state index in [-0.39, 0.29) is 18.5 Å². The Hall–Kier alpha value is -2.24. The van der Waals surface area contributed by atoms with Crippen LogP contribution in [-0.2, 0) is 4.79 Å². The van der Waals surface area contributed by atoms with Gasteiger partial charge in [-0.2, -0.15) is 0 Å². The molecule has 0 radical (unpaired) electrons. The van der Waals surface area contributed by atoms with Crippen LogP contribution in [0.4, 0.5) is 5.69 Å². The minimum Gasteiger partial charge on any atom is -0.497 e. The number of carbonyl (C=O) groups is 1. The van der Waals surface area contributed by atoms with E-state index in [1.165, 1.54) is 0 Å². The van der Waals surface area contributed by atoms with Crippen LogP contribution >= 0.6 is 11.6 Å². The van der Waals surface area contributed by atoms with Crippen molar-refractivity contribution in [2.24, 2.45) is 0 Å². The minimum absolute atomic E-state index is 0.0854. The number of ether oxygens (including phenoxy) is 2. The molecule has 0 fully saturated rings. The van der Waals surface area contributed by atoms with Gasteiger partial charge in [-0.25, -0.2) is 0 Å². The first-order valence-electron chi connectivity index (χ1n) is 7.64. The van der Waals surface area contributed by atoms with Crippen molar-refractivity contribution in [3.05, 3.63) is 53.1 Å². The Bertz CT molecular complexity index is 706. The number of benzene rings is 2. The number of hydrogen-bond donors (Lipinski definition) is 2. The summed E-state index contributed by atoms with van der Waals surface area (Å²) in [5.41, 5.74) is 1.62. The molecule has 0 aliphatic heterocycles. The van der Waals surface area contributed by atoms with Crippen LogP contribution in [0.2, 0.25) is 5.02 Å². The van der Waals surface area contributed by atoms with Gasteiger partial charge in [-0.15, -0.1) is 0 Å². The van der Waals surface area contributed by atoms with Gasteiger partial charge in [-0.1, -0.05) is 29.8 Å². The Labute approximate surface area is 146 Å². The number of hydrogen-bond acceptors (Lipinski definition) is 3. The maximum absolute atomic E-state index is 12.2. The fourth-order valence-electron chi connectivity index (χ4n) is 2.36. The fraction of sp³-hybridized carbons (Fsp3) is 0.278. The molecule has 0 unspecified atom stereocenters. The second-order valence-corrected chi connectivity index (χ2v) is 5.77. The highest BCUT2D eigenvalue weighted by atomic mass is 35.5. The molecule has 0 aromatic heterocycles. The van der Waals surface area contributed by atoms with Crippen molar-refractivity contribution in [2.75, 3.05) is 26.1 Å². The molecule has 2 aromatic rings. The average Bonchev–Trinajstić information content (AvgIpc) is 2.60. The highest BCUT2D eigenvalue weighted by Crippen LogP contribution is 2.28. The van der Waals surface area contributed by atoms with Crippen LogP contribution in [0, 0.1) is 0 Å². The van der Waals surface area contributed by atoms with E-state index >= 15 is 0 Å². The number of halogens is 1. The lowest BCUT2D eigenvalue weighted by Crippen LogP contribution is -2.86. The van der Waals surface area contributed by atoms with Crippen molar-refractivity contribution in [1.82, 2.24) is 0 Å². The number of amides is 1. The Balaban J connectivity index is 1.95. The number of quaternary nitrogens is 1. The summed E-state index contributed by atoms with van der Waals surface area (Å²) in [4.78, 5) is 12.2. The van der Waals surface area contributed by atoms with Gasteiger partial charge in [0.15, 0.2) is 6.54 Å². The SMILES string of the molecule is COc1ccc(NC(=O)C[NH2+][C@H](C)c2ccccc2Cl)c(OC)c1. The molecule has 0 spiro atoms. The molecule has 3 N–H and O–H groups in total. The molecule has 0 heterocycles. The quantitative estimate of drug-likeness (QED) is 0.807. The lowest BCUT2D eigenvalue weighted by Gasteiger charge is -2.14. The third kappa shape index (κ3) is 4.63. The molecule has 128 valence electrons. The number of rotatable bonds is 7. The number of anilines is 1. The highest BCUT2D eigenvalue weighted by Gasteiger charge is 2.15. The molecular weight excluding hydrogens is 328 g/mol. The van der Waals surface area contributed by atoms with Crippen LogP contribution in [-0.4, -0.2) is 26.7 Å². The number of carbonyl (C=O) groups excluding carboxylic acids is 1. The molecule has 0 saturated heterocycles. The summed E-state index contributed by atoms with van der Waals surface area (Å²) in [7, 11) is 3.13. The molecular formula is C18H22ClN2O3+. The standard InChI is InChI=1S/C18H21ClN2O3/c1-12(14-6-4-5-7-15(14)19)20-11-18(22)21-16-9-8-13(23-2)10-17(16)24-3/h4-10,12,20H,11H2,1-3H3,(H,21,22)/p+1/t12-/m1/s1. The molecule has 0 aliphatic carbocycles. The predicted octanol–water partition coefficient (Wildman–Crippen LogP) is 2.62. The maximum atomic E-state index is 12.2. The van der Waals surface area contributed by atoms with Crippen LogP contribution in [0.15, 0.2) is 42.5 Å². The summed E-state index contributed by atoms with van der Waals surface area (Å²) < 4.78 is 10.4. The third-order valence-corrected chi connectivity index (χ3v) is 4.08. The van der Waals surface area contributed by atoms with E-state index in [9.17, 15) is 4.79 Å². The summed E-state index contributed by atoms with van der Waals surface area (Å²) in [6, 6.07) is 13.0. The molecule has 6 heteroatoms.